The summed E-state index contributed by atoms with van der Waals surface area (Å²) in [6.45, 7) is 0. The van der Waals surface area contributed by atoms with E-state index in [9.17, 15) is 4.79 Å². The number of thioether (sulfide) groups is 1. The largest absolute Gasteiger partial charge is 0.493 e. The fourth-order valence-corrected chi connectivity index (χ4v) is 2.82. The number of hydrogen-bond donors (Lipinski definition) is 0. The quantitative estimate of drug-likeness (QED) is 0.437. The van der Waals surface area contributed by atoms with Crippen molar-refractivity contribution in [2.24, 2.45) is 0 Å². The summed E-state index contributed by atoms with van der Waals surface area (Å²) >= 11 is 1.39. The Morgan fingerprint density at radius 3 is 2.17 bits per heavy atom. The van der Waals surface area contributed by atoms with E-state index in [4.69, 9.17) is 18.9 Å². The highest BCUT2D eigenvalue weighted by Crippen LogP contribution is 2.34. The highest BCUT2D eigenvalue weighted by Gasteiger charge is 2.23. The number of Topliss-reactive ketones (excluding diaryl/α,β-unsaturated/α-hetero) is 1. The topological polar surface area (TPSA) is 66.9 Å². The van der Waals surface area contributed by atoms with Crippen molar-refractivity contribution in [3.63, 3.8) is 0 Å². The molecule has 0 amide bonds. The van der Waals surface area contributed by atoms with Gasteiger partial charge in [-0.15, -0.1) is 11.8 Å². The van der Waals surface area contributed by atoms with E-state index in [0.29, 0.717) is 22.1 Å². The van der Waals surface area contributed by atoms with Crippen LogP contribution < -0.4 is 9.47 Å². The van der Waals surface area contributed by atoms with Gasteiger partial charge in [0.25, 0.3) is 0 Å². The molecule has 124 valence electrons. The van der Waals surface area contributed by atoms with Crippen molar-refractivity contribution in [1.82, 2.24) is 4.98 Å². The number of benzene rings is 1. The number of fused-ring (bicyclic) bond motifs is 1. The van der Waals surface area contributed by atoms with Crippen LogP contribution in [-0.4, -0.2) is 51.8 Å². The van der Waals surface area contributed by atoms with Crippen LogP contribution in [0, 0.1) is 0 Å². The number of rotatable bonds is 7. The molecule has 0 saturated heterocycles. The number of aromatic nitrogens is 1. The molecule has 0 radical (unpaired) electrons. The molecule has 0 saturated carbocycles. The lowest BCUT2D eigenvalue weighted by Crippen LogP contribution is -2.25. The molecule has 2 aromatic rings. The zero-order chi connectivity index (χ0) is 17.0. The fraction of sp³-hybridized carbons (Fsp3) is 0.375. The lowest BCUT2D eigenvalue weighted by atomic mass is 10.1. The molecule has 0 spiro atoms. The van der Waals surface area contributed by atoms with Crippen LogP contribution in [0.4, 0.5) is 0 Å². The Balaban J connectivity index is 2.63. The second-order valence-corrected chi connectivity index (χ2v) is 5.41. The van der Waals surface area contributed by atoms with Gasteiger partial charge in [0, 0.05) is 25.7 Å². The van der Waals surface area contributed by atoms with Crippen molar-refractivity contribution >= 4 is 28.4 Å². The maximum atomic E-state index is 12.5. The third-order valence-corrected chi connectivity index (χ3v) is 4.08. The van der Waals surface area contributed by atoms with E-state index in [0.717, 1.165) is 10.9 Å². The molecule has 0 atom stereocenters. The van der Waals surface area contributed by atoms with E-state index in [-0.39, 0.29) is 5.78 Å². The number of nitrogens with zero attached hydrogens (tertiary/aromatic N) is 1. The number of carbonyl (C=O) groups is 1. The maximum Gasteiger partial charge on any atom is 0.222 e. The Labute approximate surface area is 139 Å². The normalized spacial score (nSPS) is 11.0. The third-order valence-electron chi connectivity index (χ3n) is 3.39. The van der Waals surface area contributed by atoms with Gasteiger partial charge in [-0.3, -0.25) is 4.79 Å². The average molecular weight is 337 g/mol. The number of carbonyl (C=O) groups excluding carboxylic acids is 1. The van der Waals surface area contributed by atoms with E-state index < -0.39 is 6.29 Å². The summed E-state index contributed by atoms with van der Waals surface area (Å²) in [5.74, 6) is 0.890. The smallest absolute Gasteiger partial charge is 0.222 e. The molecule has 1 aromatic heterocycles. The van der Waals surface area contributed by atoms with Crippen LogP contribution in [0.15, 0.2) is 23.2 Å². The van der Waals surface area contributed by atoms with E-state index in [1.165, 1.54) is 26.0 Å². The number of hydrogen-bond acceptors (Lipinski definition) is 7. The predicted octanol–water partition coefficient (Wildman–Crippen LogP) is 2.78. The number of methoxy groups -OCH3 is 4. The van der Waals surface area contributed by atoms with E-state index >= 15 is 0 Å². The van der Waals surface area contributed by atoms with Gasteiger partial charge in [0.05, 0.1) is 25.3 Å². The zero-order valence-corrected chi connectivity index (χ0v) is 14.5. The molecular weight excluding hydrogens is 318 g/mol. The molecule has 23 heavy (non-hydrogen) atoms. The Morgan fingerprint density at radius 1 is 1.04 bits per heavy atom. The van der Waals surface area contributed by atoms with Crippen LogP contribution in [0.5, 0.6) is 11.5 Å². The van der Waals surface area contributed by atoms with Crippen LogP contribution >= 0.6 is 11.8 Å². The van der Waals surface area contributed by atoms with Crippen LogP contribution in [0.2, 0.25) is 0 Å². The second-order valence-electron chi connectivity index (χ2n) is 4.61. The molecule has 0 fully saturated rings. The molecule has 6 nitrogen and oxygen atoms in total. The Morgan fingerprint density at radius 2 is 1.65 bits per heavy atom. The minimum atomic E-state index is -0.958. The van der Waals surface area contributed by atoms with Crippen LogP contribution in [0.3, 0.4) is 0 Å². The standard InChI is InChI=1S/C16H19NO5S/c1-19-12-7-9-6-10(14(18)16(21-3)22-4)15(23-5)17-11(9)8-13(12)20-2/h6-8,16H,1-5H3. The number of ether oxygens (including phenoxy) is 4. The predicted molar refractivity (Wildman–Crippen MR) is 88.8 cm³/mol. The van der Waals surface area contributed by atoms with E-state index in [1.807, 2.05) is 6.26 Å². The first kappa shape index (κ1) is 17.5. The molecule has 1 aromatic carbocycles. The molecule has 0 unspecified atom stereocenters. The van der Waals surface area contributed by atoms with Gasteiger partial charge in [0.2, 0.25) is 12.1 Å². The fourth-order valence-electron chi connectivity index (χ4n) is 2.25. The molecular formula is C16H19NO5S. The second kappa shape index (κ2) is 7.63. The van der Waals surface area contributed by atoms with Gasteiger partial charge in [0.1, 0.15) is 5.03 Å². The first-order valence-corrected chi connectivity index (χ1v) is 8.02. The molecule has 0 bridgehead atoms. The van der Waals surface area contributed by atoms with Crippen LogP contribution in [0.25, 0.3) is 10.9 Å². The summed E-state index contributed by atoms with van der Waals surface area (Å²) in [6.07, 6.45) is 0.903. The highest BCUT2D eigenvalue weighted by atomic mass is 32.2. The Bertz CT molecular complexity index is 715. The van der Waals surface area contributed by atoms with E-state index in [1.54, 1.807) is 32.4 Å². The lowest BCUT2D eigenvalue weighted by molar-refractivity contribution is -0.0743. The number of ketones is 1. The van der Waals surface area contributed by atoms with Gasteiger partial charge in [-0.25, -0.2) is 4.98 Å². The summed E-state index contributed by atoms with van der Waals surface area (Å²) < 4.78 is 20.7. The average Bonchev–Trinajstić information content (AvgIpc) is 2.59. The van der Waals surface area contributed by atoms with Crippen molar-refractivity contribution < 1.29 is 23.7 Å². The molecule has 1 heterocycles. The van der Waals surface area contributed by atoms with Crippen molar-refractivity contribution in [3.8, 4) is 11.5 Å². The van der Waals surface area contributed by atoms with Crippen molar-refractivity contribution in [3.05, 3.63) is 23.8 Å². The summed E-state index contributed by atoms with van der Waals surface area (Å²) in [7, 11) is 5.98. The number of pyridine rings is 1. The lowest BCUT2D eigenvalue weighted by Gasteiger charge is -2.15. The van der Waals surface area contributed by atoms with Gasteiger partial charge < -0.3 is 18.9 Å². The first-order valence-electron chi connectivity index (χ1n) is 6.80. The van der Waals surface area contributed by atoms with Gasteiger partial charge in [-0.2, -0.15) is 0 Å². The van der Waals surface area contributed by atoms with Gasteiger partial charge >= 0.3 is 0 Å². The SMILES string of the molecule is COc1cc2cc(C(=O)C(OC)OC)c(SC)nc2cc1OC. The van der Waals surface area contributed by atoms with Crippen molar-refractivity contribution in [2.75, 3.05) is 34.7 Å². The monoisotopic (exact) mass is 337 g/mol. The summed E-state index contributed by atoms with van der Waals surface area (Å²) in [4.78, 5) is 17.1. The van der Waals surface area contributed by atoms with Crippen molar-refractivity contribution in [2.45, 2.75) is 11.3 Å². The third kappa shape index (κ3) is 3.41. The highest BCUT2D eigenvalue weighted by molar-refractivity contribution is 7.98. The molecule has 0 N–H and O–H groups in total. The molecule has 0 aliphatic carbocycles. The summed E-state index contributed by atoms with van der Waals surface area (Å²) in [5, 5.41) is 1.38. The van der Waals surface area contributed by atoms with Crippen LogP contribution in [-0.2, 0) is 9.47 Å². The molecule has 7 heteroatoms. The minimum Gasteiger partial charge on any atom is -0.493 e. The van der Waals surface area contributed by atoms with Gasteiger partial charge in [-0.05, 0) is 18.4 Å². The van der Waals surface area contributed by atoms with Crippen molar-refractivity contribution in [1.29, 1.82) is 0 Å². The van der Waals surface area contributed by atoms with Gasteiger partial charge in [-0.1, -0.05) is 0 Å². The Hall–Kier alpha value is -1.83. The first-order chi connectivity index (χ1) is 11.1. The maximum absolute atomic E-state index is 12.5. The van der Waals surface area contributed by atoms with Gasteiger partial charge in [0.15, 0.2) is 11.5 Å². The van der Waals surface area contributed by atoms with E-state index in [2.05, 4.69) is 4.98 Å². The molecule has 0 aliphatic rings. The Kier molecular flexibility index (Phi) is 5.81. The molecule has 0 aliphatic heterocycles. The minimum absolute atomic E-state index is 0.275. The zero-order valence-electron chi connectivity index (χ0n) is 13.7. The molecule has 2 rings (SSSR count). The summed E-state index contributed by atoms with van der Waals surface area (Å²) in [5.41, 5.74) is 1.17. The van der Waals surface area contributed by atoms with Crippen LogP contribution in [0.1, 0.15) is 10.4 Å². The summed E-state index contributed by atoms with van der Waals surface area (Å²) in [6, 6.07) is 5.34.